The van der Waals surface area contributed by atoms with Gasteiger partial charge in [-0.1, -0.05) is 58.5 Å². The highest BCUT2D eigenvalue weighted by Crippen LogP contribution is 2.44. The summed E-state index contributed by atoms with van der Waals surface area (Å²) in [5, 5.41) is 9.76. The summed E-state index contributed by atoms with van der Waals surface area (Å²) in [5.41, 5.74) is 2.84. The van der Waals surface area contributed by atoms with Crippen LogP contribution in [0, 0.1) is 0 Å². The van der Waals surface area contributed by atoms with Crippen LogP contribution in [0.3, 0.4) is 0 Å². The molecule has 1 aromatic heterocycles. The number of nitrogens with one attached hydrogen (secondary N) is 1. The van der Waals surface area contributed by atoms with Crippen LogP contribution in [0.2, 0.25) is 20.1 Å². The summed E-state index contributed by atoms with van der Waals surface area (Å²) in [5.74, 6) is 1.01. The molecule has 0 fully saturated rings. The number of carbonyl (C=O) groups is 1. The van der Waals surface area contributed by atoms with Gasteiger partial charge in [0.2, 0.25) is 5.95 Å². The van der Waals surface area contributed by atoms with Crippen LogP contribution in [0.15, 0.2) is 47.7 Å². The molecule has 2 heterocycles. The van der Waals surface area contributed by atoms with Crippen molar-refractivity contribution in [3.8, 4) is 11.4 Å². The predicted octanol–water partition coefficient (Wildman–Crippen LogP) is 6.58. The summed E-state index contributed by atoms with van der Waals surface area (Å²) < 4.78 is 1.68. The molecule has 1 aliphatic heterocycles. The van der Waals surface area contributed by atoms with Crippen molar-refractivity contribution < 1.29 is 4.79 Å². The Morgan fingerprint density at radius 3 is 2.67 bits per heavy atom. The van der Waals surface area contributed by atoms with Crippen LogP contribution in [-0.4, -0.2) is 20.5 Å². The SMILES string of the molecule is O=C1CCCC2=C1C(c1cccc(Cl)c1Cl)n1nc(-c3ccc(Cl)cc3Cl)nc1N2. The second kappa shape index (κ2) is 7.57. The van der Waals surface area contributed by atoms with Gasteiger partial charge in [-0.25, -0.2) is 4.68 Å². The first-order chi connectivity index (χ1) is 14.4. The molecule has 0 amide bonds. The number of halogens is 4. The summed E-state index contributed by atoms with van der Waals surface area (Å²) in [4.78, 5) is 17.6. The number of fused-ring (bicyclic) bond motifs is 1. The van der Waals surface area contributed by atoms with Gasteiger partial charge in [0.1, 0.15) is 6.04 Å². The van der Waals surface area contributed by atoms with Crippen molar-refractivity contribution in [2.45, 2.75) is 25.3 Å². The van der Waals surface area contributed by atoms with Gasteiger partial charge in [0.25, 0.3) is 0 Å². The Morgan fingerprint density at radius 1 is 1.03 bits per heavy atom. The molecule has 0 spiro atoms. The highest BCUT2D eigenvalue weighted by Gasteiger charge is 2.38. The summed E-state index contributed by atoms with van der Waals surface area (Å²) in [6.45, 7) is 0. The van der Waals surface area contributed by atoms with E-state index in [1.165, 1.54) is 0 Å². The quantitative estimate of drug-likeness (QED) is 0.450. The number of allylic oxidation sites excluding steroid dienone is 2. The van der Waals surface area contributed by atoms with Gasteiger partial charge in [0.15, 0.2) is 11.6 Å². The molecular formula is C21H14Cl4N4O. The molecule has 0 radical (unpaired) electrons. The van der Waals surface area contributed by atoms with Crippen molar-refractivity contribution in [3.63, 3.8) is 0 Å². The highest BCUT2D eigenvalue weighted by atomic mass is 35.5. The first-order valence-corrected chi connectivity index (χ1v) is 10.8. The van der Waals surface area contributed by atoms with Gasteiger partial charge in [0, 0.05) is 33.8 Å². The third-order valence-corrected chi connectivity index (χ3v) is 6.70. The molecular weight excluding hydrogens is 466 g/mol. The molecule has 9 heteroatoms. The minimum atomic E-state index is -0.525. The largest absolute Gasteiger partial charge is 0.328 e. The molecule has 3 aromatic rings. The number of rotatable bonds is 2. The number of aromatic nitrogens is 3. The number of nitrogens with zero attached hydrogens (tertiary/aromatic N) is 3. The molecule has 2 aromatic carbocycles. The van der Waals surface area contributed by atoms with Gasteiger partial charge in [-0.2, -0.15) is 4.98 Å². The Morgan fingerprint density at radius 2 is 1.87 bits per heavy atom. The zero-order valence-electron chi connectivity index (χ0n) is 15.4. The first-order valence-electron chi connectivity index (χ1n) is 9.33. The van der Waals surface area contributed by atoms with Crippen LogP contribution in [-0.2, 0) is 4.79 Å². The van der Waals surface area contributed by atoms with Gasteiger partial charge < -0.3 is 5.32 Å². The van der Waals surface area contributed by atoms with Crippen molar-refractivity contribution in [1.82, 2.24) is 14.8 Å². The lowest BCUT2D eigenvalue weighted by molar-refractivity contribution is -0.116. The maximum atomic E-state index is 12.9. The van der Waals surface area contributed by atoms with E-state index in [1.54, 1.807) is 28.9 Å². The van der Waals surface area contributed by atoms with Crippen molar-refractivity contribution in [1.29, 1.82) is 0 Å². The summed E-state index contributed by atoms with van der Waals surface area (Å²) in [6, 6.07) is 10.0. The molecule has 5 nitrogen and oxygen atoms in total. The highest BCUT2D eigenvalue weighted by molar-refractivity contribution is 6.42. The predicted molar refractivity (Wildman–Crippen MR) is 120 cm³/mol. The molecule has 0 saturated heterocycles. The Kier molecular flexibility index (Phi) is 5.02. The van der Waals surface area contributed by atoms with E-state index in [9.17, 15) is 4.79 Å². The number of benzene rings is 2. The normalized spacial score (nSPS) is 18.1. The van der Waals surface area contributed by atoms with Gasteiger partial charge in [-0.3, -0.25) is 4.79 Å². The fourth-order valence-corrected chi connectivity index (χ4v) is 4.86. The van der Waals surface area contributed by atoms with Crippen molar-refractivity contribution in [2.75, 3.05) is 5.32 Å². The third kappa shape index (κ3) is 3.21. The number of anilines is 1. The lowest BCUT2D eigenvalue weighted by Gasteiger charge is -2.32. The molecule has 30 heavy (non-hydrogen) atoms. The average molecular weight is 480 g/mol. The molecule has 1 unspecified atom stereocenters. The van der Waals surface area contributed by atoms with Gasteiger partial charge >= 0.3 is 0 Å². The molecule has 0 saturated carbocycles. The number of carbonyl (C=O) groups excluding carboxylic acids is 1. The van der Waals surface area contributed by atoms with Gasteiger partial charge in [-0.15, -0.1) is 5.10 Å². The van der Waals surface area contributed by atoms with Crippen LogP contribution in [0.4, 0.5) is 5.95 Å². The smallest absolute Gasteiger partial charge is 0.226 e. The van der Waals surface area contributed by atoms with Crippen LogP contribution >= 0.6 is 46.4 Å². The molecule has 0 bridgehead atoms. The van der Waals surface area contributed by atoms with Gasteiger partial charge in [0.05, 0.1) is 15.1 Å². The van der Waals surface area contributed by atoms with Crippen molar-refractivity contribution >= 4 is 58.1 Å². The van der Waals surface area contributed by atoms with Crippen LogP contribution in [0.5, 0.6) is 0 Å². The van der Waals surface area contributed by atoms with Crippen LogP contribution < -0.4 is 5.32 Å². The molecule has 152 valence electrons. The van der Waals surface area contributed by atoms with E-state index < -0.39 is 6.04 Å². The van der Waals surface area contributed by atoms with E-state index in [0.717, 1.165) is 18.5 Å². The number of ketones is 1. The number of Topliss-reactive ketones (excluding diaryl/α,β-unsaturated/α-hetero) is 1. The lowest BCUT2D eigenvalue weighted by atomic mass is 9.85. The molecule has 5 rings (SSSR count). The topological polar surface area (TPSA) is 59.8 Å². The second-order valence-corrected chi connectivity index (χ2v) is 8.80. The molecule has 1 atom stereocenters. The zero-order valence-corrected chi connectivity index (χ0v) is 18.4. The number of hydrogen-bond acceptors (Lipinski definition) is 4. The fraction of sp³-hybridized carbons (Fsp3) is 0.190. The molecule has 2 aliphatic rings. The lowest BCUT2D eigenvalue weighted by Crippen LogP contribution is -2.31. The van der Waals surface area contributed by atoms with E-state index in [0.29, 0.717) is 55.0 Å². The van der Waals surface area contributed by atoms with E-state index >= 15 is 0 Å². The molecule has 1 N–H and O–H groups in total. The Labute approximate surface area is 192 Å². The summed E-state index contributed by atoms with van der Waals surface area (Å²) in [7, 11) is 0. The van der Waals surface area contributed by atoms with E-state index in [-0.39, 0.29) is 5.78 Å². The van der Waals surface area contributed by atoms with E-state index in [4.69, 9.17) is 51.5 Å². The van der Waals surface area contributed by atoms with E-state index in [2.05, 4.69) is 10.3 Å². The standard InChI is InChI=1S/C21H14Cl4N4O/c22-10-7-8-11(14(24)9-10)20-27-21-26-15-5-2-6-16(30)17(15)19(29(21)28-20)12-3-1-4-13(23)18(12)25/h1,3-4,7-9,19H,2,5-6H2,(H,26,27,28). The third-order valence-electron chi connectivity index (χ3n) is 5.32. The van der Waals surface area contributed by atoms with Crippen molar-refractivity contribution in [3.05, 3.63) is 73.3 Å². The minimum absolute atomic E-state index is 0.0667. The summed E-state index contributed by atoms with van der Waals surface area (Å²) in [6.07, 6.45) is 2.01. The first kappa shape index (κ1) is 19.9. The monoisotopic (exact) mass is 478 g/mol. The minimum Gasteiger partial charge on any atom is -0.328 e. The Balaban J connectivity index is 1.72. The van der Waals surface area contributed by atoms with Crippen LogP contribution in [0.1, 0.15) is 30.9 Å². The summed E-state index contributed by atoms with van der Waals surface area (Å²) >= 11 is 25.2. The molecule has 1 aliphatic carbocycles. The van der Waals surface area contributed by atoms with E-state index in [1.807, 2.05) is 12.1 Å². The maximum Gasteiger partial charge on any atom is 0.226 e. The zero-order chi connectivity index (χ0) is 21.0. The average Bonchev–Trinajstić information content (AvgIpc) is 3.12. The second-order valence-electron chi connectivity index (χ2n) is 7.17. The Hall–Kier alpha value is -2.05. The maximum absolute atomic E-state index is 12.9. The fourth-order valence-electron chi connectivity index (χ4n) is 3.96. The Bertz CT molecular complexity index is 1230. The van der Waals surface area contributed by atoms with Gasteiger partial charge in [-0.05, 0) is 37.1 Å². The van der Waals surface area contributed by atoms with Crippen LogP contribution in [0.25, 0.3) is 11.4 Å². The van der Waals surface area contributed by atoms with Crippen molar-refractivity contribution in [2.24, 2.45) is 0 Å². The number of hydrogen-bond donors (Lipinski definition) is 1.